The monoisotopic (exact) mass is 346 g/mol. The van der Waals surface area contributed by atoms with E-state index in [-0.39, 0.29) is 11.6 Å². The Morgan fingerprint density at radius 1 is 1.28 bits per heavy atom. The molecule has 6 heteroatoms. The van der Waals surface area contributed by atoms with E-state index in [4.69, 9.17) is 4.74 Å². The zero-order valence-electron chi connectivity index (χ0n) is 15.4. The largest absolute Gasteiger partial charge is 0.381 e. The number of hydrogen-bond donors (Lipinski definition) is 1. The summed E-state index contributed by atoms with van der Waals surface area (Å²) in [4.78, 5) is 20.9. The number of rotatable bonds is 4. The molecule has 1 aromatic rings. The molecule has 0 bridgehead atoms. The zero-order chi connectivity index (χ0) is 17.7. The summed E-state index contributed by atoms with van der Waals surface area (Å²) in [5.41, 5.74) is 1.35. The molecule has 25 heavy (non-hydrogen) atoms. The number of hydrogen-bond acceptors (Lipinski definition) is 4. The number of piperidine rings is 1. The van der Waals surface area contributed by atoms with Gasteiger partial charge in [-0.1, -0.05) is 0 Å². The molecule has 2 saturated heterocycles. The van der Waals surface area contributed by atoms with Crippen LogP contribution in [0.25, 0.3) is 0 Å². The van der Waals surface area contributed by atoms with Gasteiger partial charge >= 0.3 is 6.03 Å². The minimum absolute atomic E-state index is 0.0171. The summed E-state index contributed by atoms with van der Waals surface area (Å²) < 4.78 is 5.50. The Balaban J connectivity index is 1.49. The van der Waals surface area contributed by atoms with Crippen molar-refractivity contribution < 1.29 is 9.53 Å². The van der Waals surface area contributed by atoms with Gasteiger partial charge in [0.1, 0.15) is 0 Å². The van der Waals surface area contributed by atoms with E-state index in [9.17, 15) is 4.79 Å². The standard InChI is InChI=1S/C19H30N4O2/c1-22(2)19(7-13-25-14-8-19)15-21-18(24)23-11-5-17(6-12-23)16-3-9-20-10-4-16/h3-4,9-10,17H,5-8,11-15H2,1-2H3,(H,21,24). The molecule has 3 rings (SSSR count). The topological polar surface area (TPSA) is 57.7 Å². The van der Waals surface area contributed by atoms with Gasteiger partial charge in [0.25, 0.3) is 0 Å². The molecule has 138 valence electrons. The maximum absolute atomic E-state index is 12.6. The molecule has 2 aliphatic rings. The Kier molecular flexibility index (Phi) is 5.91. The maximum atomic E-state index is 12.6. The molecule has 2 amide bonds. The van der Waals surface area contributed by atoms with Crippen molar-refractivity contribution >= 4 is 6.03 Å². The molecule has 2 fully saturated rings. The van der Waals surface area contributed by atoms with Crippen molar-refractivity contribution in [3.8, 4) is 0 Å². The van der Waals surface area contributed by atoms with Crippen LogP contribution in [0.15, 0.2) is 24.5 Å². The number of aromatic nitrogens is 1. The molecule has 1 N–H and O–H groups in total. The number of carbonyl (C=O) groups excluding carboxylic acids is 1. The number of likely N-dealkylation sites (N-methyl/N-ethyl adjacent to an activating group) is 1. The van der Waals surface area contributed by atoms with Crippen LogP contribution in [-0.2, 0) is 4.74 Å². The Morgan fingerprint density at radius 3 is 2.52 bits per heavy atom. The van der Waals surface area contributed by atoms with Gasteiger partial charge in [-0.2, -0.15) is 0 Å². The molecule has 2 aliphatic heterocycles. The number of nitrogens with one attached hydrogen (secondary N) is 1. The van der Waals surface area contributed by atoms with Crippen molar-refractivity contribution in [1.82, 2.24) is 20.1 Å². The highest BCUT2D eigenvalue weighted by Crippen LogP contribution is 2.28. The van der Waals surface area contributed by atoms with E-state index in [0.29, 0.717) is 12.5 Å². The van der Waals surface area contributed by atoms with Crippen LogP contribution in [0.3, 0.4) is 0 Å². The summed E-state index contributed by atoms with van der Waals surface area (Å²) in [5, 5.41) is 3.18. The molecule has 0 saturated carbocycles. The Morgan fingerprint density at radius 2 is 1.92 bits per heavy atom. The summed E-state index contributed by atoms with van der Waals surface area (Å²) in [6, 6.07) is 4.25. The van der Waals surface area contributed by atoms with Crippen LogP contribution in [0.5, 0.6) is 0 Å². The van der Waals surface area contributed by atoms with Crippen LogP contribution in [0.2, 0.25) is 0 Å². The predicted octanol–water partition coefficient (Wildman–Crippen LogP) is 2.08. The number of likely N-dealkylation sites (tertiary alicyclic amines) is 1. The first-order valence-electron chi connectivity index (χ1n) is 9.29. The van der Waals surface area contributed by atoms with Crippen molar-refractivity contribution in [2.45, 2.75) is 37.1 Å². The van der Waals surface area contributed by atoms with Crippen LogP contribution in [0.1, 0.15) is 37.2 Å². The Labute approximate surface area is 150 Å². The third-order valence-electron chi connectivity index (χ3n) is 5.90. The van der Waals surface area contributed by atoms with E-state index in [1.54, 1.807) is 0 Å². The second kappa shape index (κ2) is 8.15. The van der Waals surface area contributed by atoms with Gasteiger partial charge < -0.3 is 19.9 Å². The SMILES string of the molecule is CN(C)C1(CNC(=O)N2CCC(c3ccncc3)CC2)CCOCC1. The second-order valence-corrected chi connectivity index (χ2v) is 7.43. The lowest BCUT2D eigenvalue weighted by atomic mass is 9.88. The number of urea groups is 1. The minimum Gasteiger partial charge on any atom is -0.381 e. The molecular formula is C19H30N4O2. The first-order chi connectivity index (χ1) is 12.1. The first kappa shape index (κ1) is 18.1. The van der Waals surface area contributed by atoms with E-state index < -0.39 is 0 Å². The van der Waals surface area contributed by atoms with Crippen LogP contribution in [0.4, 0.5) is 4.79 Å². The van der Waals surface area contributed by atoms with Gasteiger partial charge in [0, 0.05) is 50.8 Å². The van der Waals surface area contributed by atoms with Gasteiger partial charge in [0.15, 0.2) is 0 Å². The molecular weight excluding hydrogens is 316 g/mol. The highest BCUT2D eigenvalue weighted by atomic mass is 16.5. The molecule has 6 nitrogen and oxygen atoms in total. The quantitative estimate of drug-likeness (QED) is 0.907. The van der Waals surface area contributed by atoms with Crippen molar-refractivity contribution in [2.24, 2.45) is 0 Å². The van der Waals surface area contributed by atoms with E-state index in [1.807, 2.05) is 17.3 Å². The highest BCUT2D eigenvalue weighted by Gasteiger charge is 2.35. The number of pyridine rings is 1. The smallest absolute Gasteiger partial charge is 0.317 e. The predicted molar refractivity (Wildman–Crippen MR) is 97.7 cm³/mol. The lowest BCUT2D eigenvalue weighted by Crippen LogP contribution is -2.57. The molecule has 0 aliphatic carbocycles. The van der Waals surface area contributed by atoms with Crippen molar-refractivity contribution in [1.29, 1.82) is 0 Å². The Bertz CT molecular complexity index is 550. The first-order valence-corrected chi connectivity index (χ1v) is 9.29. The van der Waals surface area contributed by atoms with E-state index in [0.717, 1.165) is 52.0 Å². The molecule has 0 unspecified atom stereocenters. The van der Waals surface area contributed by atoms with Crippen LogP contribution < -0.4 is 5.32 Å². The summed E-state index contributed by atoms with van der Waals surface area (Å²) in [6.07, 6.45) is 7.66. The van der Waals surface area contributed by atoms with Gasteiger partial charge in [-0.05, 0) is 63.4 Å². The fraction of sp³-hybridized carbons (Fsp3) is 0.684. The normalized spacial score (nSPS) is 21.3. The fourth-order valence-electron chi connectivity index (χ4n) is 3.94. The number of ether oxygens (including phenoxy) is 1. The summed E-state index contributed by atoms with van der Waals surface area (Å²) in [7, 11) is 4.19. The number of nitrogens with zero attached hydrogens (tertiary/aromatic N) is 3. The third-order valence-corrected chi connectivity index (χ3v) is 5.90. The minimum atomic E-state index is 0.0171. The van der Waals surface area contributed by atoms with Crippen molar-refractivity contribution in [2.75, 3.05) is 46.9 Å². The third kappa shape index (κ3) is 4.30. The van der Waals surface area contributed by atoms with Gasteiger partial charge in [-0.25, -0.2) is 4.79 Å². The van der Waals surface area contributed by atoms with E-state index in [2.05, 4.69) is 41.4 Å². The molecule has 1 aromatic heterocycles. The van der Waals surface area contributed by atoms with E-state index >= 15 is 0 Å². The van der Waals surface area contributed by atoms with Gasteiger partial charge in [0.05, 0.1) is 0 Å². The zero-order valence-corrected chi connectivity index (χ0v) is 15.4. The molecule has 0 atom stereocenters. The van der Waals surface area contributed by atoms with Gasteiger partial charge in [-0.3, -0.25) is 4.98 Å². The average Bonchev–Trinajstić information content (AvgIpc) is 2.67. The maximum Gasteiger partial charge on any atom is 0.317 e. The van der Waals surface area contributed by atoms with Crippen LogP contribution in [0, 0.1) is 0 Å². The van der Waals surface area contributed by atoms with Crippen molar-refractivity contribution in [3.05, 3.63) is 30.1 Å². The second-order valence-electron chi connectivity index (χ2n) is 7.43. The molecule has 0 aromatic carbocycles. The van der Waals surface area contributed by atoms with Crippen LogP contribution >= 0.6 is 0 Å². The molecule has 0 radical (unpaired) electrons. The number of amides is 2. The summed E-state index contributed by atoms with van der Waals surface area (Å²) in [5.74, 6) is 0.538. The van der Waals surface area contributed by atoms with Gasteiger partial charge in [-0.15, -0.1) is 0 Å². The molecule has 3 heterocycles. The summed E-state index contributed by atoms with van der Waals surface area (Å²) in [6.45, 7) is 3.86. The molecule has 0 spiro atoms. The fourth-order valence-corrected chi connectivity index (χ4v) is 3.94. The lowest BCUT2D eigenvalue weighted by molar-refractivity contribution is -0.00630. The Hall–Kier alpha value is -1.66. The lowest BCUT2D eigenvalue weighted by Gasteiger charge is -2.43. The highest BCUT2D eigenvalue weighted by molar-refractivity contribution is 5.74. The van der Waals surface area contributed by atoms with E-state index in [1.165, 1.54) is 5.56 Å². The van der Waals surface area contributed by atoms with Crippen molar-refractivity contribution in [3.63, 3.8) is 0 Å². The average molecular weight is 346 g/mol. The summed E-state index contributed by atoms with van der Waals surface area (Å²) >= 11 is 0. The van der Waals surface area contributed by atoms with Crippen LogP contribution in [-0.4, -0.2) is 73.3 Å². The van der Waals surface area contributed by atoms with Gasteiger partial charge in [0.2, 0.25) is 0 Å². The number of carbonyl (C=O) groups is 1.